The van der Waals surface area contributed by atoms with Crippen molar-refractivity contribution in [2.24, 2.45) is 11.8 Å². The molecular formula is C29H31F4NO2. The summed E-state index contributed by atoms with van der Waals surface area (Å²) in [5.41, 5.74) is 2.46. The second-order valence-corrected chi connectivity index (χ2v) is 10.5. The largest absolute Gasteiger partial charge is 0.416 e. The van der Waals surface area contributed by atoms with Gasteiger partial charge in [-0.25, -0.2) is 4.39 Å². The summed E-state index contributed by atoms with van der Waals surface area (Å²) in [6.07, 6.45) is -0.345. The van der Waals surface area contributed by atoms with Gasteiger partial charge >= 0.3 is 6.18 Å². The summed E-state index contributed by atoms with van der Waals surface area (Å²) >= 11 is 0. The Hall–Kier alpha value is -2.67. The third-order valence-electron chi connectivity index (χ3n) is 8.07. The predicted molar refractivity (Wildman–Crippen MR) is 129 cm³/mol. The zero-order valence-electron chi connectivity index (χ0n) is 20.5. The maximum Gasteiger partial charge on any atom is 0.416 e. The quantitative estimate of drug-likeness (QED) is 0.415. The van der Waals surface area contributed by atoms with Crippen molar-refractivity contribution in [2.45, 2.75) is 63.8 Å². The highest BCUT2D eigenvalue weighted by atomic mass is 19.4. The molecule has 0 N–H and O–H groups in total. The van der Waals surface area contributed by atoms with Crippen molar-refractivity contribution in [3.63, 3.8) is 0 Å². The Morgan fingerprint density at radius 1 is 1.03 bits per heavy atom. The lowest BCUT2D eigenvalue weighted by atomic mass is 9.69. The van der Waals surface area contributed by atoms with Gasteiger partial charge in [0, 0.05) is 37.2 Å². The van der Waals surface area contributed by atoms with Crippen LogP contribution < -0.4 is 0 Å². The van der Waals surface area contributed by atoms with E-state index in [-0.39, 0.29) is 29.5 Å². The van der Waals surface area contributed by atoms with Gasteiger partial charge in [0.05, 0.1) is 17.8 Å². The molecule has 2 aromatic carbocycles. The van der Waals surface area contributed by atoms with Crippen molar-refractivity contribution in [1.82, 2.24) is 4.90 Å². The number of rotatable bonds is 5. The fourth-order valence-corrected chi connectivity index (χ4v) is 6.36. The molecule has 2 aliphatic carbocycles. The van der Waals surface area contributed by atoms with Gasteiger partial charge in [-0.05, 0) is 80.3 Å². The minimum atomic E-state index is -4.42. The van der Waals surface area contributed by atoms with E-state index in [1.54, 1.807) is 38.1 Å². The van der Waals surface area contributed by atoms with E-state index in [0.717, 1.165) is 49.7 Å². The molecule has 1 aliphatic heterocycles. The number of ether oxygens (including phenoxy) is 1. The van der Waals surface area contributed by atoms with Gasteiger partial charge in [-0.3, -0.25) is 4.79 Å². The van der Waals surface area contributed by atoms with Crippen LogP contribution in [0.15, 0.2) is 54.2 Å². The Labute approximate surface area is 209 Å². The molecule has 192 valence electrons. The summed E-state index contributed by atoms with van der Waals surface area (Å²) in [5.74, 6) is 0.519. The number of allylic oxidation sites excluding steroid dienone is 2. The third kappa shape index (κ3) is 5.08. The van der Waals surface area contributed by atoms with E-state index < -0.39 is 17.8 Å². The molecule has 0 spiro atoms. The first kappa shape index (κ1) is 25.0. The molecule has 0 amide bonds. The first-order valence-corrected chi connectivity index (χ1v) is 12.7. The van der Waals surface area contributed by atoms with Crippen LogP contribution in [0.5, 0.6) is 0 Å². The monoisotopic (exact) mass is 501 g/mol. The highest BCUT2D eigenvalue weighted by molar-refractivity contribution is 5.92. The molecule has 2 aromatic rings. The molecular weight excluding hydrogens is 470 g/mol. The van der Waals surface area contributed by atoms with Crippen LogP contribution in [0.3, 0.4) is 0 Å². The molecule has 5 atom stereocenters. The number of benzene rings is 2. The van der Waals surface area contributed by atoms with E-state index in [4.69, 9.17) is 4.74 Å². The van der Waals surface area contributed by atoms with Gasteiger partial charge in [0.1, 0.15) is 5.82 Å². The van der Waals surface area contributed by atoms with Crippen LogP contribution in [0.4, 0.5) is 17.6 Å². The average Bonchev–Trinajstić information content (AvgIpc) is 3.45. The average molecular weight is 502 g/mol. The van der Waals surface area contributed by atoms with Crippen LogP contribution in [-0.2, 0) is 15.7 Å². The van der Waals surface area contributed by atoms with E-state index in [1.165, 1.54) is 18.2 Å². The van der Waals surface area contributed by atoms with Crippen molar-refractivity contribution in [1.29, 1.82) is 0 Å². The van der Waals surface area contributed by atoms with Crippen molar-refractivity contribution in [3.8, 4) is 0 Å². The summed E-state index contributed by atoms with van der Waals surface area (Å²) in [6.45, 7) is 5.14. The molecule has 7 heteroatoms. The number of halogens is 4. The summed E-state index contributed by atoms with van der Waals surface area (Å²) < 4.78 is 60.6. The van der Waals surface area contributed by atoms with E-state index in [9.17, 15) is 22.4 Å². The summed E-state index contributed by atoms with van der Waals surface area (Å²) in [4.78, 5) is 14.1. The highest BCUT2D eigenvalue weighted by Crippen LogP contribution is 2.49. The molecule has 1 unspecified atom stereocenters. The molecule has 0 aromatic heterocycles. The van der Waals surface area contributed by atoms with Gasteiger partial charge in [-0.2, -0.15) is 13.2 Å². The van der Waals surface area contributed by atoms with Crippen molar-refractivity contribution in [3.05, 3.63) is 82.3 Å². The van der Waals surface area contributed by atoms with E-state index in [0.29, 0.717) is 23.5 Å². The molecule has 5 rings (SSSR count). The minimum absolute atomic E-state index is 0.0126. The van der Waals surface area contributed by atoms with Crippen LogP contribution >= 0.6 is 0 Å². The first-order valence-electron chi connectivity index (χ1n) is 12.7. The number of aryl methyl sites for hydroxylation is 1. The molecule has 1 saturated carbocycles. The Bertz CT molecular complexity index is 1160. The van der Waals surface area contributed by atoms with Gasteiger partial charge in [0.25, 0.3) is 0 Å². The standard InChI is InChI=1S/C29H31F4NO2/c1-17-11-21(13-22(12-17)29(31,32)33)18(2)36-27-10-5-20-15-34(24-8-9-25(35)14-24)16-26(20)28(27)19-3-6-23(30)7-4-19/h3-4,6-7,11-14,18,20,26-28H,5,8-10,15-16H2,1-2H3/t18?,20-,26-,27+,28+/m1/s1. The predicted octanol–water partition coefficient (Wildman–Crippen LogP) is 6.97. The van der Waals surface area contributed by atoms with Crippen LogP contribution in [-0.4, -0.2) is 29.9 Å². The minimum Gasteiger partial charge on any atom is -0.374 e. The fourth-order valence-electron chi connectivity index (χ4n) is 6.36. The lowest BCUT2D eigenvalue weighted by Gasteiger charge is -2.41. The van der Waals surface area contributed by atoms with Crippen LogP contribution in [0, 0.1) is 24.6 Å². The van der Waals surface area contributed by atoms with Gasteiger partial charge in [-0.1, -0.05) is 23.8 Å². The molecule has 3 aliphatic rings. The van der Waals surface area contributed by atoms with E-state index >= 15 is 0 Å². The fraction of sp³-hybridized carbons (Fsp3) is 0.483. The smallest absolute Gasteiger partial charge is 0.374 e. The Kier molecular flexibility index (Phi) is 6.70. The summed E-state index contributed by atoms with van der Waals surface area (Å²) in [5, 5.41) is 0. The van der Waals surface area contributed by atoms with Gasteiger partial charge in [0.2, 0.25) is 0 Å². The maximum atomic E-state index is 13.8. The third-order valence-corrected chi connectivity index (χ3v) is 8.07. The number of ketones is 1. The summed E-state index contributed by atoms with van der Waals surface area (Å²) in [6, 6.07) is 10.6. The molecule has 1 heterocycles. The highest BCUT2D eigenvalue weighted by Gasteiger charge is 2.46. The molecule has 2 fully saturated rings. The second kappa shape index (κ2) is 9.66. The van der Waals surface area contributed by atoms with Gasteiger partial charge in [0.15, 0.2) is 5.78 Å². The van der Waals surface area contributed by atoms with Crippen molar-refractivity contribution >= 4 is 5.78 Å². The SMILES string of the molecule is Cc1cc(C(C)O[C@H]2CC[C@@H]3CN(C4=CC(=O)CC4)C[C@H]3[C@@H]2c2ccc(F)cc2)cc(C(F)(F)F)c1. The number of fused-ring (bicyclic) bond motifs is 1. The molecule has 3 nitrogen and oxygen atoms in total. The first-order chi connectivity index (χ1) is 17.1. The molecule has 1 saturated heterocycles. The number of hydrogen-bond donors (Lipinski definition) is 0. The maximum absolute atomic E-state index is 13.8. The van der Waals surface area contributed by atoms with E-state index in [2.05, 4.69) is 4.90 Å². The Balaban J connectivity index is 1.42. The number of nitrogens with zero attached hydrogens (tertiary/aromatic N) is 1. The molecule has 36 heavy (non-hydrogen) atoms. The second-order valence-electron chi connectivity index (χ2n) is 10.5. The molecule has 0 radical (unpaired) electrons. The normalized spacial score (nSPS) is 27.2. The van der Waals surface area contributed by atoms with Crippen LogP contribution in [0.1, 0.15) is 66.9 Å². The number of carbonyl (C=O) groups excluding carboxylic acids is 1. The Morgan fingerprint density at radius 3 is 2.44 bits per heavy atom. The van der Waals surface area contributed by atoms with Crippen LogP contribution in [0.25, 0.3) is 0 Å². The number of hydrogen-bond acceptors (Lipinski definition) is 3. The topological polar surface area (TPSA) is 29.5 Å². The van der Waals surface area contributed by atoms with Crippen molar-refractivity contribution in [2.75, 3.05) is 13.1 Å². The van der Waals surface area contributed by atoms with Crippen molar-refractivity contribution < 1.29 is 27.1 Å². The van der Waals surface area contributed by atoms with Crippen LogP contribution in [0.2, 0.25) is 0 Å². The zero-order valence-corrected chi connectivity index (χ0v) is 20.5. The van der Waals surface area contributed by atoms with E-state index in [1.807, 2.05) is 0 Å². The molecule has 0 bridgehead atoms. The lowest BCUT2D eigenvalue weighted by Crippen LogP contribution is -2.38. The number of alkyl halides is 3. The zero-order chi connectivity index (χ0) is 25.6. The number of carbonyl (C=O) groups is 1. The summed E-state index contributed by atoms with van der Waals surface area (Å²) in [7, 11) is 0. The van der Waals surface area contributed by atoms with Gasteiger partial charge in [-0.15, -0.1) is 0 Å². The van der Waals surface area contributed by atoms with Gasteiger partial charge < -0.3 is 9.64 Å². The Morgan fingerprint density at radius 2 is 1.78 bits per heavy atom. The lowest BCUT2D eigenvalue weighted by molar-refractivity contribution is -0.137. The number of likely N-dealkylation sites (tertiary alicyclic amines) is 1.